The Morgan fingerprint density at radius 3 is 2.39 bits per heavy atom. The second kappa shape index (κ2) is 7.66. The van der Waals surface area contributed by atoms with E-state index >= 15 is 0 Å². The van der Waals surface area contributed by atoms with Crippen molar-refractivity contribution in [1.82, 2.24) is 0 Å². The molecule has 116 valence electrons. The van der Waals surface area contributed by atoms with Crippen molar-refractivity contribution in [3.05, 3.63) is 59.7 Å². The number of nitrogens with zero attached hydrogens (tertiary/aromatic N) is 1. The summed E-state index contributed by atoms with van der Waals surface area (Å²) in [5.74, 6) is 0.883. The zero-order chi connectivity index (χ0) is 16.7. The SMILES string of the molecule is COc1ccc(C(=O)Oc2ccc(/C=C\C#N)cc2OC)cc1. The third-order valence-electron chi connectivity index (χ3n) is 3.07. The Hall–Kier alpha value is -3.26. The molecule has 0 N–H and O–H groups in total. The lowest BCUT2D eigenvalue weighted by Gasteiger charge is -2.10. The molecule has 0 saturated carbocycles. The number of allylic oxidation sites excluding steroid dienone is 1. The van der Waals surface area contributed by atoms with Gasteiger partial charge in [-0.2, -0.15) is 5.26 Å². The molecule has 5 nitrogen and oxygen atoms in total. The van der Waals surface area contributed by atoms with Crippen LogP contribution in [-0.2, 0) is 0 Å². The lowest BCUT2D eigenvalue weighted by molar-refractivity contribution is 0.0729. The van der Waals surface area contributed by atoms with Crippen LogP contribution in [0.25, 0.3) is 6.08 Å². The number of methoxy groups -OCH3 is 2. The van der Waals surface area contributed by atoms with Gasteiger partial charge >= 0.3 is 5.97 Å². The van der Waals surface area contributed by atoms with Gasteiger partial charge in [0, 0.05) is 6.08 Å². The van der Waals surface area contributed by atoms with Gasteiger partial charge in [-0.3, -0.25) is 0 Å². The van der Waals surface area contributed by atoms with E-state index in [0.717, 1.165) is 5.56 Å². The Labute approximate surface area is 134 Å². The van der Waals surface area contributed by atoms with Crippen LogP contribution in [0.1, 0.15) is 15.9 Å². The number of carbonyl (C=O) groups excluding carboxylic acids is 1. The van der Waals surface area contributed by atoms with Gasteiger partial charge < -0.3 is 14.2 Å². The molecule has 0 atom stereocenters. The minimum atomic E-state index is -0.494. The number of hydrogen-bond donors (Lipinski definition) is 0. The summed E-state index contributed by atoms with van der Waals surface area (Å²) in [5, 5.41) is 8.54. The Bertz CT molecular complexity index is 758. The quantitative estimate of drug-likeness (QED) is 0.480. The molecule has 0 aromatic heterocycles. The van der Waals surface area contributed by atoms with Crippen molar-refractivity contribution in [3.63, 3.8) is 0 Å². The van der Waals surface area contributed by atoms with E-state index in [1.807, 2.05) is 6.07 Å². The van der Waals surface area contributed by atoms with Crippen molar-refractivity contribution in [1.29, 1.82) is 5.26 Å². The molecule has 5 heteroatoms. The first-order chi connectivity index (χ1) is 11.2. The van der Waals surface area contributed by atoms with E-state index in [2.05, 4.69) is 0 Å². The second-order valence-corrected chi connectivity index (χ2v) is 4.49. The number of hydrogen-bond acceptors (Lipinski definition) is 5. The maximum atomic E-state index is 12.2. The number of carbonyl (C=O) groups is 1. The number of nitriles is 1. The smallest absolute Gasteiger partial charge is 0.343 e. The van der Waals surface area contributed by atoms with Crippen molar-refractivity contribution in [2.45, 2.75) is 0 Å². The molecule has 23 heavy (non-hydrogen) atoms. The Balaban J connectivity index is 2.19. The largest absolute Gasteiger partial charge is 0.497 e. The van der Waals surface area contributed by atoms with Gasteiger partial charge in [-0.15, -0.1) is 0 Å². The maximum absolute atomic E-state index is 12.2. The second-order valence-electron chi connectivity index (χ2n) is 4.49. The Kier molecular flexibility index (Phi) is 5.37. The minimum Gasteiger partial charge on any atom is -0.497 e. The highest BCUT2D eigenvalue weighted by molar-refractivity contribution is 5.91. The van der Waals surface area contributed by atoms with Gasteiger partial charge in [-0.05, 0) is 48.0 Å². The van der Waals surface area contributed by atoms with Crippen LogP contribution in [-0.4, -0.2) is 20.2 Å². The zero-order valence-corrected chi connectivity index (χ0v) is 12.8. The molecule has 0 heterocycles. The number of benzene rings is 2. The van der Waals surface area contributed by atoms with Gasteiger partial charge in [-0.25, -0.2) is 4.79 Å². The molecule has 0 bridgehead atoms. The normalized spacial score (nSPS) is 10.1. The molecule has 0 unspecified atom stereocenters. The predicted molar refractivity (Wildman–Crippen MR) is 85.6 cm³/mol. The van der Waals surface area contributed by atoms with Gasteiger partial charge in [0.15, 0.2) is 11.5 Å². The van der Waals surface area contributed by atoms with E-state index < -0.39 is 5.97 Å². The van der Waals surface area contributed by atoms with E-state index in [0.29, 0.717) is 22.8 Å². The zero-order valence-electron chi connectivity index (χ0n) is 12.8. The standard InChI is InChI=1S/C18H15NO4/c1-21-15-8-6-14(7-9-15)18(20)23-16-10-5-13(4-3-11-19)12-17(16)22-2/h3-10,12H,1-2H3/b4-3-. The summed E-state index contributed by atoms with van der Waals surface area (Å²) in [7, 11) is 3.04. The van der Waals surface area contributed by atoms with E-state index in [1.54, 1.807) is 55.7 Å². The van der Waals surface area contributed by atoms with Crippen LogP contribution < -0.4 is 14.2 Å². The number of esters is 1. The van der Waals surface area contributed by atoms with Crippen molar-refractivity contribution in [3.8, 4) is 23.3 Å². The topological polar surface area (TPSA) is 68.5 Å². The van der Waals surface area contributed by atoms with Crippen LogP contribution in [0.2, 0.25) is 0 Å². The fourth-order valence-corrected chi connectivity index (χ4v) is 1.89. The summed E-state index contributed by atoms with van der Waals surface area (Å²) < 4.78 is 15.6. The van der Waals surface area contributed by atoms with Crippen LogP contribution in [0.15, 0.2) is 48.5 Å². The van der Waals surface area contributed by atoms with Crippen LogP contribution in [0.5, 0.6) is 17.2 Å². The van der Waals surface area contributed by atoms with Crippen molar-refractivity contribution in [2.75, 3.05) is 14.2 Å². The third kappa shape index (κ3) is 4.11. The molecule has 0 aliphatic rings. The van der Waals surface area contributed by atoms with Crippen LogP contribution in [0.3, 0.4) is 0 Å². The Morgan fingerprint density at radius 1 is 1.04 bits per heavy atom. The minimum absolute atomic E-state index is 0.308. The summed E-state index contributed by atoms with van der Waals surface area (Å²) >= 11 is 0. The Morgan fingerprint density at radius 2 is 1.78 bits per heavy atom. The van der Waals surface area contributed by atoms with Gasteiger partial charge in [0.05, 0.1) is 25.9 Å². The van der Waals surface area contributed by atoms with Gasteiger partial charge in [0.25, 0.3) is 0 Å². The molecule has 0 aliphatic carbocycles. The highest BCUT2D eigenvalue weighted by Crippen LogP contribution is 2.29. The van der Waals surface area contributed by atoms with E-state index in [-0.39, 0.29) is 0 Å². The van der Waals surface area contributed by atoms with E-state index in [9.17, 15) is 4.79 Å². The first-order valence-corrected chi connectivity index (χ1v) is 6.78. The molecule has 0 radical (unpaired) electrons. The average Bonchev–Trinajstić information content (AvgIpc) is 2.60. The lowest BCUT2D eigenvalue weighted by atomic mass is 10.2. The molecular weight excluding hydrogens is 294 g/mol. The average molecular weight is 309 g/mol. The van der Waals surface area contributed by atoms with E-state index in [1.165, 1.54) is 13.2 Å². The molecule has 0 spiro atoms. The fourth-order valence-electron chi connectivity index (χ4n) is 1.89. The number of ether oxygens (including phenoxy) is 3. The molecule has 0 amide bonds. The summed E-state index contributed by atoms with van der Waals surface area (Å²) in [6.45, 7) is 0. The van der Waals surface area contributed by atoms with Gasteiger partial charge in [0.1, 0.15) is 5.75 Å². The van der Waals surface area contributed by atoms with E-state index in [4.69, 9.17) is 19.5 Å². The summed E-state index contributed by atoms with van der Waals surface area (Å²) in [5.41, 5.74) is 1.17. The number of rotatable bonds is 5. The molecule has 0 fully saturated rings. The summed E-state index contributed by atoms with van der Waals surface area (Å²) in [4.78, 5) is 12.2. The van der Waals surface area contributed by atoms with Crippen LogP contribution >= 0.6 is 0 Å². The fraction of sp³-hybridized carbons (Fsp3) is 0.111. The maximum Gasteiger partial charge on any atom is 0.343 e. The molecule has 2 rings (SSSR count). The molecule has 0 saturated heterocycles. The van der Waals surface area contributed by atoms with Crippen molar-refractivity contribution < 1.29 is 19.0 Å². The van der Waals surface area contributed by atoms with Gasteiger partial charge in [0.2, 0.25) is 0 Å². The van der Waals surface area contributed by atoms with Crippen molar-refractivity contribution in [2.24, 2.45) is 0 Å². The highest BCUT2D eigenvalue weighted by Gasteiger charge is 2.12. The van der Waals surface area contributed by atoms with Crippen LogP contribution in [0, 0.1) is 11.3 Å². The van der Waals surface area contributed by atoms with Gasteiger partial charge in [-0.1, -0.05) is 6.07 Å². The highest BCUT2D eigenvalue weighted by atomic mass is 16.6. The first kappa shape index (κ1) is 16.1. The predicted octanol–water partition coefficient (Wildman–Crippen LogP) is 3.46. The van der Waals surface area contributed by atoms with Crippen LogP contribution in [0.4, 0.5) is 0 Å². The monoisotopic (exact) mass is 309 g/mol. The summed E-state index contributed by atoms with van der Waals surface area (Å²) in [6, 6.07) is 13.6. The molecule has 2 aromatic carbocycles. The molecular formula is C18H15NO4. The third-order valence-corrected chi connectivity index (χ3v) is 3.07. The first-order valence-electron chi connectivity index (χ1n) is 6.78. The van der Waals surface area contributed by atoms with Crippen molar-refractivity contribution >= 4 is 12.0 Å². The molecule has 2 aromatic rings. The molecule has 0 aliphatic heterocycles. The lowest BCUT2D eigenvalue weighted by Crippen LogP contribution is -2.09. The summed E-state index contributed by atoms with van der Waals surface area (Å²) in [6.07, 6.45) is 3.00.